The normalized spacial score (nSPS) is 13.4. The summed E-state index contributed by atoms with van der Waals surface area (Å²) in [4.78, 5) is 40.3. The summed E-state index contributed by atoms with van der Waals surface area (Å²) in [6.07, 6.45) is 1.66. The van der Waals surface area contributed by atoms with Gasteiger partial charge in [0.25, 0.3) is 0 Å². The molecule has 1 saturated carbocycles. The lowest BCUT2D eigenvalue weighted by Crippen LogP contribution is -2.29. The lowest BCUT2D eigenvalue weighted by Gasteiger charge is -2.08. The summed E-state index contributed by atoms with van der Waals surface area (Å²) in [5.41, 5.74) is 1.75. The molecule has 3 N–H and O–H groups in total. The molecule has 27 heavy (non-hydrogen) atoms. The van der Waals surface area contributed by atoms with E-state index in [0.29, 0.717) is 33.0 Å². The summed E-state index contributed by atoms with van der Waals surface area (Å²) in [5.74, 6) is -1.77. The van der Waals surface area contributed by atoms with Crippen LogP contribution in [0.1, 0.15) is 23.3 Å². The van der Waals surface area contributed by atoms with Crippen LogP contribution in [-0.2, 0) is 9.59 Å². The van der Waals surface area contributed by atoms with Gasteiger partial charge in [0.1, 0.15) is 5.69 Å². The summed E-state index contributed by atoms with van der Waals surface area (Å²) >= 11 is 6.02. The van der Waals surface area contributed by atoms with Gasteiger partial charge in [0.05, 0.1) is 5.69 Å². The summed E-state index contributed by atoms with van der Waals surface area (Å²) in [6.45, 7) is 0. The quantitative estimate of drug-likeness (QED) is 0.471. The molecule has 0 atom stereocenters. The number of fused-ring (bicyclic) bond motifs is 1. The van der Waals surface area contributed by atoms with Gasteiger partial charge < -0.3 is 15.6 Å². The number of amides is 2. The second-order valence-electron chi connectivity index (χ2n) is 6.48. The highest BCUT2D eigenvalue weighted by Crippen LogP contribution is 2.37. The number of H-pyrrole nitrogens is 1. The van der Waals surface area contributed by atoms with Crippen molar-refractivity contribution in [3.8, 4) is 0 Å². The van der Waals surface area contributed by atoms with Crippen LogP contribution in [0.25, 0.3) is 10.9 Å². The molecule has 2 amide bonds. The van der Waals surface area contributed by atoms with Gasteiger partial charge in [0.15, 0.2) is 5.78 Å². The lowest BCUT2D eigenvalue weighted by molar-refractivity contribution is -0.132. The molecule has 1 aliphatic carbocycles. The van der Waals surface area contributed by atoms with E-state index in [0.717, 1.165) is 12.8 Å². The standard InChI is InChI=1S/C20H16ClN3O3/c21-12-8-9-14-15(10-12)23-17(18(25)11-6-7-11)16(14)24-20(27)19(26)22-13-4-2-1-3-5-13/h1-5,8-11,23H,6-7H2,(H,22,26)(H,24,27). The zero-order valence-corrected chi connectivity index (χ0v) is 15.0. The average molecular weight is 382 g/mol. The Kier molecular flexibility index (Phi) is 4.41. The van der Waals surface area contributed by atoms with E-state index in [1.165, 1.54) is 0 Å². The first-order valence-corrected chi connectivity index (χ1v) is 8.93. The Bertz CT molecular complexity index is 1060. The van der Waals surface area contributed by atoms with Crippen molar-refractivity contribution < 1.29 is 14.4 Å². The molecule has 0 aliphatic heterocycles. The third kappa shape index (κ3) is 3.57. The third-order valence-corrected chi connectivity index (χ3v) is 4.67. The van der Waals surface area contributed by atoms with Crippen molar-refractivity contribution >= 4 is 51.5 Å². The van der Waals surface area contributed by atoms with Crippen molar-refractivity contribution in [1.82, 2.24) is 4.98 Å². The molecule has 1 aliphatic rings. The maximum atomic E-state index is 12.6. The summed E-state index contributed by atoms with van der Waals surface area (Å²) in [7, 11) is 0. The first kappa shape index (κ1) is 17.3. The Labute approximate surface area is 159 Å². The predicted molar refractivity (Wildman–Crippen MR) is 104 cm³/mol. The zero-order valence-electron chi connectivity index (χ0n) is 14.2. The van der Waals surface area contributed by atoms with Crippen LogP contribution in [0.3, 0.4) is 0 Å². The Morgan fingerprint density at radius 3 is 2.37 bits per heavy atom. The fourth-order valence-corrected chi connectivity index (χ4v) is 3.09. The number of carbonyl (C=O) groups is 3. The largest absolute Gasteiger partial charge is 0.350 e. The van der Waals surface area contributed by atoms with Gasteiger partial charge in [-0.3, -0.25) is 14.4 Å². The van der Waals surface area contributed by atoms with Crippen LogP contribution in [0.15, 0.2) is 48.5 Å². The Morgan fingerprint density at radius 1 is 0.963 bits per heavy atom. The molecule has 3 aromatic rings. The third-order valence-electron chi connectivity index (χ3n) is 4.43. The summed E-state index contributed by atoms with van der Waals surface area (Å²) < 4.78 is 0. The number of hydrogen-bond donors (Lipinski definition) is 3. The van der Waals surface area contributed by atoms with E-state index in [-0.39, 0.29) is 11.7 Å². The SMILES string of the molecule is O=C(Nc1ccccc1)C(=O)Nc1c(C(=O)C2CC2)[nH]c2cc(Cl)ccc12. The van der Waals surface area contributed by atoms with Crippen LogP contribution in [0.4, 0.5) is 11.4 Å². The minimum Gasteiger partial charge on any atom is -0.350 e. The number of nitrogens with one attached hydrogen (secondary N) is 3. The minimum absolute atomic E-state index is 0.0395. The number of ketones is 1. The number of para-hydroxylation sites is 1. The van der Waals surface area contributed by atoms with E-state index >= 15 is 0 Å². The van der Waals surface area contributed by atoms with Crippen LogP contribution >= 0.6 is 11.6 Å². The highest BCUT2D eigenvalue weighted by molar-refractivity contribution is 6.44. The number of rotatable bonds is 4. The van der Waals surface area contributed by atoms with Gasteiger partial charge in [0, 0.05) is 27.5 Å². The van der Waals surface area contributed by atoms with E-state index in [2.05, 4.69) is 15.6 Å². The van der Waals surface area contributed by atoms with Crippen molar-refractivity contribution in [3.05, 3.63) is 59.2 Å². The lowest BCUT2D eigenvalue weighted by atomic mass is 10.1. The number of anilines is 2. The van der Waals surface area contributed by atoms with Gasteiger partial charge in [-0.25, -0.2) is 0 Å². The van der Waals surface area contributed by atoms with Crippen molar-refractivity contribution in [2.24, 2.45) is 5.92 Å². The van der Waals surface area contributed by atoms with Gasteiger partial charge >= 0.3 is 11.8 Å². The maximum Gasteiger partial charge on any atom is 0.314 e. The van der Waals surface area contributed by atoms with Gasteiger partial charge in [0.2, 0.25) is 0 Å². The molecule has 1 heterocycles. The molecule has 1 aromatic heterocycles. The predicted octanol–water partition coefficient (Wildman–Crippen LogP) is 3.99. The molecule has 0 saturated heterocycles. The monoisotopic (exact) mass is 381 g/mol. The molecule has 0 bridgehead atoms. The van der Waals surface area contributed by atoms with Crippen molar-refractivity contribution in [1.29, 1.82) is 0 Å². The first-order valence-electron chi connectivity index (χ1n) is 8.56. The molecule has 136 valence electrons. The van der Waals surface area contributed by atoms with Gasteiger partial charge in [-0.15, -0.1) is 0 Å². The van der Waals surface area contributed by atoms with Gasteiger partial charge in [-0.05, 0) is 43.2 Å². The molecule has 1 fully saturated rings. The minimum atomic E-state index is -0.848. The van der Waals surface area contributed by atoms with Crippen LogP contribution in [0.5, 0.6) is 0 Å². The maximum absolute atomic E-state index is 12.6. The zero-order chi connectivity index (χ0) is 19.0. The van der Waals surface area contributed by atoms with Gasteiger partial charge in [-0.2, -0.15) is 0 Å². The topological polar surface area (TPSA) is 91.1 Å². The van der Waals surface area contributed by atoms with Crippen molar-refractivity contribution in [2.75, 3.05) is 10.6 Å². The van der Waals surface area contributed by atoms with E-state index in [1.54, 1.807) is 42.5 Å². The Hall–Kier alpha value is -3.12. The second kappa shape index (κ2) is 6.89. The van der Waals surface area contributed by atoms with Crippen LogP contribution in [-0.4, -0.2) is 22.6 Å². The molecule has 4 rings (SSSR count). The number of hydrogen-bond acceptors (Lipinski definition) is 3. The first-order chi connectivity index (χ1) is 13.0. The smallest absolute Gasteiger partial charge is 0.314 e. The molecular weight excluding hydrogens is 366 g/mol. The number of halogens is 1. The van der Waals surface area contributed by atoms with Crippen LogP contribution in [0, 0.1) is 5.92 Å². The average Bonchev–Trinajstić information content (AvgIpc) is 3.45. The number of benzene rings is 2. The van der Waals surface area contributed by atoms with Crippen LogP contribution < -0.4 is 10.6 Å². The highest BCUT2D eigenvalue weighted by Gasteiger charge is 2.34. The Morgan fingerprint density at radius 2 is 1.67 bits per heavy atom. The molecule has 2 aromatic carbocycles. The van der Waals surface area contributed by atoms with E-state index in [4.69, 9.17) is 11.6 Å². The Balaban J connectivity index is 1.63. The van der Waals surface area contributed by atoms with E-state index in [1.807, 2.05) is 6.07 Å². The van der Waals surface area contributed by atoms with Gasteiger partial charge in [-0.1, -0.05) is 29.8 Å². The number of carbonyl (C=O) groups excluding carboxylic acids is 3. The molecule has 7 heteroatoms. The number of Topliss-reactive ketones (excluding diaryl/α,β-unsaturated/α-hetero) is 1. The highest BCUT2D eigenvalue weighted by atomic mass is 35.5. The van der Waals surface area contributed by atoms with Crippen molar-refractivity contribution in [3.63, 3.8) is 0 Å². The molecule has 0 radical (unpaired) electrons. The fraction of sp³-hybridized carbons (Fsp3) is 0.150. The number of aromatic amines is 1. The number of aromatic nitrogens is 1. The van der Waals surface area contributed by atoms with Crippen molar-refractivity contribution in [2.45, 2.75) is 12.8 Å². The van der Waals surface area contributed by atoms with Crippen LogP contribution in [0.2, 0.25) is 5.02 Å². The summed E-state index contributed by atoms with van der Waals surface area (Å²) in [6, 6.07) is 13.7. The fourth-order valence-electron chi connectivity index (χ4n) is 2.91. The molecule has 0 unspecified atom stereocenters. The van der Waals surface area contributed by atoms with E-state index < -0.39 is 11.8 Å². The molecule has 0 spiro atoms. The second-order valence-corrected chi connectivity index (χ2v) is 6.91. The molecular formula is C20H16ClN3O3. The molecule has 6 nitrogen and oxygen atoms in total. The van der Waals surface area contributed by atoms with E-state index in [9.17, 15) is 14.4 Å². The summed E-state index contributed by atoms with van der Waals surface area (Å²) in [5, 5.41) is 6.26.